The van der Waals surface area contributed by atoms with Gasteiger partial charge in [-0.1, -0.05) is 30.3 Å². The molecule has 0 spiro atoms. The highest BCUT2D eigenvalue weighted by Gasteiger charge is 2.36. The molecule has 0 aromatic heterocycles. The van der Waals surface area contributed by atoms with E-state index in [0.717, 1.165) is 5.56 Å². The van der Waals surface area contributed by atoms with Gasteiger partial charge in [0.15, 0.2) is 0 Å². The van der Waals surface area contributed by atoms with Crippen molar-refractivity contribution in [1.82, 2.24) is 10.2 Å². The quantitative estimate of drug-likeness (QED) is 0.856. The van der Waals surface area contributed by atoms with Gasteiger partial charge in [0.1, 0.15) is 0 Å². The summed E-state index contributed by atoms with van der Waals surface area (Å²) in [4.78, 5) is 25.9. The molecule has 0 aliphatic carbocycles. The molecular formula is C16H22N2O3. The summed E-state index contributed by atoms with van der Waals surface area (Å²) in [5.41, 5.74) is 1.06. The molecule has 1 saturated heterocycles. The molecule has 5 nitrogen and oxygen atoms in total. The minimum atomic E-state index is -0.263. The third-order valence-electron chi connectivity index (χ3n) is 3.78. The minimum Gasteiger partial charge on any atom is -0.383 e. The second-order valence-electron chi connectivity index (χ2n) is 5.45. The molecule has 0 radical (unpaired) electrons. The normalized spacial score (nSPS) is 19.6. The van der Waals surface area contributed by atoms with Gasteiger partial charge in [-0.05, 0) is 12.5 Å². The molecule has 1 N–H and O–H groups in total. The van der Waals surface area contributed by atoms with Gasteiger partial charge >= 0.3 is 0 Å². The largest absolute Gasteiger partial charge is 0.383 e. The standard InChI is InChI=1S/C16H22N2O3/c1-12(11-21-2)18-10-14(8-15(18)19)16(20)17-9-13-6-4-3-5-7-13/h3-7,12,14H,8-11H2,1-2H3,(H,17,20)/t12-,14+/m0/s1. The molecule has 21 heavy (non-hydrogen) atoms. The van der Waals surface area contributed by atoms with Crippen molar-refractivity contribution in [3.63, 3.8) is 0 Å². The SMILES string of the molecule is COC[C@H](C)N1C[C@H](C(=O)NCc2ccccc2)CC1=O. The second kappa shape index (κ2) is 7.22. The van der Waals surface area contributed by atoms with Crippen LogP contribution in [0.3, 0.4) is 0 Å². The van der Waals surface area contributed by atoms with Crippen molar-refractivity contribution in [3.8, 4) is 0 Å². The molecule has 0 unspecified atom stereocenters. The van der Waals surface area contributed by atoms with Crippen LogP contribution in [0.4, 0.5) is 0 Å². The summed E-state index contributed by atoms with van der Waals surface area (Å²) in [6.07, 6.45) is 0.286. The number of hydrogen-bond acceptors (Lipinski definition) is 3. The number of rotatable bonds is 6. The van der Waals surface area contributed by atoms with E-state index in [1.807, 2.05) is 37.3 Å². The molecule has 0 saturated carbocycles. The molecule has 2 atom stereocenters. The number of methoxy groups -OCH3 is 1. The summed E-state index contributed by atoms with van der Waals surface area (Å²) in [7, 11) is 1.61. The van der Waals surface area contributed by atoms with E-state index in [2.05, 4.69) is 5.32 Å². The maximum Gasteiger partial charge on any atom is 0.225 e. The lowest BCUT2D eigenvalue weighted by Crippen LogP contribution is -2.38. The van der Waals surface area contributed by atoms with Crippen molar-refractivity contribution in [1.29, 1.82) is 0 Å². The number of carbonyl (C=O) groups excluding carboxylic acids is 2. The van der Waals surface area contributed by atoms with Crippen molar-refractivity contribution >= 4 is 11.8 Å². The van der Waals surface area contributed by atoms with Crippen molar-refractivity contribution in [2.75, 3.05) is 20.3 Å². The van der Waals surface area contributed by atoms with Gasteiger partial charge in [0.05, 0.1) is 18.6 Å². The third-order valence-corrected chi connectivity index (χ3v) is 3.78. The van der Waals surface area contributed by atoms with Crippen molar-refractivity contribution < 1.29 is 14.3 Å². The summed E-state index contributed by atoms with van der Waals surface area (Å²) in [6.45, 7) is 3.40. The molecule has 1 aromatic carbocycles. The van der Waals surface area contributed by atoms with Crippen molar-refractivity contribution in [2.24, 2.45) is 5.92 Å². The first-order valence-corrected chi connectivity index (χ1v) is 7.22. The fraction of sp³-hybridized carbons (Fsp3) is 0.500. The average molecular weight is 290 g/mol. The number of ether oxygens (including phenoxy) is 1. The summed E-state index contributed by atoms with van der Waals surface area (Å²) in [6, 6.07) is 9.76. The molecule has 2 rings (SSSR count). The predicted molar refractivity (Wildman–Crippen MR) is 79.4 cm³/mol. The zero-order valence-electron chi connectivity index (χ0n) is 12.5. The number of hydrogen-bond donors (Lipinski definition) is 1. The molecule has 2 amide bonds. The van der Waals surface area contributed by atoms with Gasteiger partial charge in [-0.2, -0.15) is 0 Å². The Bertz CT molecular complexity index is 490. The number of nitrogens with one attached hydrogen (secondary N) is 1. The van der Waals surface area contributed by atoms with Crippen LogP contribution >= 0.6 is 0 Å². The van der Waals surface area contributed by atoms with Gasteiger partial charge in [-0.15, -0.1) is 0 Å². The highest BCUT2D eigenvalue weighted by Crippen LogP contribution is 2.20. The van der Waals surface area contributed by atoms with Crippen LogP contribution in [0.5, 0.6) is 0 Å². The van der Waals surface area contributed by atoms with E-state index in [1.165, 1.54) is 0 Å². The second-order valence-corrected chi connectivity index (χ2v) is 5.45. The van der Waals surface area contributed by atoms with E-state index in [-0.39, 0.29) is 30.2 Å². The van der Waals surface area contributed by atoms with Crippen LogP contribution in [0.2, 0.25) is 0 Å². The number of carbonyl (C=O) groups is 2. The number of nitrogens with zero attached hydrogens (tertiary/aromatic N) is 1. The van der Waals surface area contributed by atoms with E-state index in [4.69, 9.17) is 4.74 Å². The van der Waals surface area contributed by atoms with Gasteiger partial charge in [0.25, 0.3) is 0 Å². The molecule has 114 valence electrons. The molecule has 1 aliphatic heterocycles. The number of amides is 2. The van der Waals surface area contributed by atoms with E-state index < -0.39 is 0 Å². The van der Waals surface area contributed by atoms with Gasteiger partial charge in [0, 0.05) is 26.6 Å². The maximum absolute atomic E-state index is 12.2. The predicted octanol–water partition coefficient (Wildman–Crippen LogP) is 1.19. The Labute approximate surface area is 125 Å². The minimum absolute atomic E-state index is 0.00873. The topological polar surface area (TPSA) is 58.6 Å². The van der Waals surface area contributed by atoms with Gasteiger partial charge in [-0.3, -0.25) is 9.59 Å². The van der Waals surface area contributed by atoms with Crippen LogP contribution in [-0.4, -0.2) is 43.0 Å². The van der Waals surface area contributed by atoms with Crippen molar-refractivity contribution in [2.45, 2.75) is 25.9 Å². The first-order valence-electron chi connectivity index (χ1n) is 7.22. The van der Waals surface area contributed by atoms with Crippen molar-refractivity contribution in [3.05, 3.63) is 35.9 Å². The zero-order chi connectivity index (χ0) is 15.2. The fourth-order valence-corrected chi connectivity index (χ4v) is 2.59. The zero-order valence-corrected chi connectivity index (χ0v) is 12.5. The van der Waals surface area contributed by atoms with Gasteiger partial charge < -0.3 is 15.0 Å². The van der Waals surface area contributed by atoms with E-state index in [1.54, 1.807) is 12.0 Å². The van der Waals surface area contributed by atoms with Gasteiger partial charge in [-0.25, -0.2) is 0 Å². The first-order chi connectivity index (χ1) is 10.1. The lowest BCUT2D eigenvalue weighted by molar-refractivity contribution is -0.130. The lowest BCUT2D eigenvalue weighted by atomic mass is 10.1. The molecule has 0 bridgehead atoms. The van der Waals surface area contributed by atoms with Crippen LogP contribution in [0, 0.1) is 5.92 Å². The van der Waals surface area contributed by atoms with E-state index in [9.17, 15) is 9.59 Å². The molecule has 1 heterocycles. The van der Waals surface area contributed by atoms with Crippen LogP contribution in [0.15, 0.2) is 30.3 Å². The Hall–Kier alpha value is -1.88. The van der Waals surface area contributed by atoms with E-state index >= 15 is 0 Å². The maximum atomic E-state index is 12.2. The molecule has 1 aliphatic rings. The first kappa shape index (κ1) is 15.5. The Morgan fingerprint density at radius 2 is 2.14 bits per heavy atom. The lowest BCUT2D eigenvalue weighted by Gasteiger charge is -2.23. The Morgan fingerprint density at radius 3 is 2.81 bits per heavy atom. The molecule has 1 fully saturated rings. The van der Waals surface area contributed by atoms with Crippen LogP contribution in [-0.2, 0) is 20.9 Å². The van der Waals surface area contributed by atoms with Crippen LogP contribution < -0.4 is 5.32 Å². The number of likely N-dealkylation sites (tertiary alicyclic amines) is 1. The highest BCUT2D eigenvalue weighted by atomic mass is 16.5. The molecular weight excluding hydrogens is 268 g/mol. The smallest absolute Gasteiger partial charge is 0.225 e. The summed E-state index contributed by atoms with van der Waals surface area (Å²) in [5.74, 6) is -0.292. The van der Waals surface area contributed by atoms with Crippen LogP contribution in [0.1, 0.15) is 18.9 Å². The Morgan fingerprint density at radius 1 is 1.43 bits per heavy atom. The highest BCUT2D eigenvalue weighted by molar-refractivity contribution is 5.89. The summed E-state index contributed by atoms with van der Waals surface area (Å²) >= 11 is 0. The number of benzene rings is 1. The summed E-state index contributed by atoms with van der Waals surface area (Å²) in [5, 5.41) is 2.90. The Kier molecular flexibility index (Phi) is 5.33. The molecule has 1 aromatic rings. The average Bonchev–Trinajstić information content (AvgIpc) is 2.88. The van der Waals surface area contributed by atoms with E-state index in [0.29, 0.717) is 19.7 Å². The third kappa shape index (κ3) is 4.04. The van der Waals surface area contributed by atoms with Gasteiger partial charge in [0.2, 0.25) is 11.8 Å². The monoisotopic (exact) mass is 290 g/mol. The molecule has 5 heteroatoms. The summed E-state index contributed by atoms with van der Waals surface area (Å²) < 4.78 is 5.07. The fourth-order valence-electron chi connectivity index (χ4n) is 2.59. The Balaban J connectivity index is 1.85. The van der Waals surface area contributed by atoms with Crippen LogP contribution in [0.25, 0.3) is 0 Å².